The van der Waals surface area contributed by atoms with Gasteiger partial charge in [-0.2, -0.15) is 5.10 Å². The Balaban J connectivity index is 1.54. The Bertz CT molecular complexity index is 1140. The molecule has 0 unspecified atom stereocenters. The fourth-order valence-corrected chi connectivity index (χ4v) is 3.21. The summed E-state index contributed by atoms with van der Waals surface area (Å²) in [6.07, 6.45) is 3.70. The maximum Gasteiger partial charge on any atom is 0.228 e. The van der Waals surface area contributed by atoms with Crippen molar-refractivity contribution in [2.75, 3.05) is 5.32 Å². The van der Waals surface area contributed by atoms with Crippen molar-refractivity contribution in [1.82, 2.24) is 9.78 Å². The minimum atomic E-state index is -0.0785. The Labute approximate surface area is 157 Å². The Hall–Kier alpha value is -3.34. The van der Waals surface area contributed by atoms with Gasteiger partial charge in [0.15, 0.2) is 0 Å². The van der Waals surface area contributed by atoms with Gasteiger partial charge in [0, 0.05) is 28.5 Å². The van der Waals surface area contributed by atoms with Crippen molar-refractivity contribution in [3.63, 3.8) is 0 Å². The molecule has 27 heavy (non-hydrogen) atoms. The van der Waals surface area contributed by atoms with Gasteiger partial charge >= 0.3 is 0 Å². The van der Waals surface area contributed by atoms with E-state index in [1.807, 2.05) is 48.0 Å². The number of anilines is 1. The molecule has 2 aromatic carbocycles. The second-order valence-electron chi connectivity index (χ2n) is 6.85. The molecule has 5 nitrogen and oxygen atoms in total. The molecule has 0 bridgehead atoms. The van der Waals surface area contributed by atoms with Crippen LogP contribution < -0.4 is 5.32 Å². The standard InChI is InChI=1S/C22H21N3O2/c1-14-9-20-17(13-27-21(20)10-15(14)2)11-22(26)24-18-5-4-6-19(12-18)25-16(3)7-8-23-25/h4-10,12-13H,11H2,1-3H3,(H,24,26). The SMILES string of the molecule is Cc1cc2occ(CC(=O)Nc3cccc(-n4nccc4C)c3)c2cc1C. The zero-order valence-corrected chi connectivity index (χ0v) is 15.6. The number of aromatic nitrogens is 2. The van der Waals surface area contributed by atoms with Crippen LogP contribution in [0.2, 0.25) is 0 Å². The minimum absolute atomic E-state index is 0.0785. The molecule has 0 aliphatic carbocycles. The van der Waals surface area contributed by atoms with Gasteiger partial charge in [0.2, 0.25) is 5.91 Å². The molecule has 2 heterocycles. The van der Waals surface area contributed by atoms with Crippen molar-refractivity contribution < 1.29 is 9.21 Å². The number of hydrogen-bond acceptors (Lipinski definition) is 3. The van der Waals surface area contributed by atoms with Crippen molar-refractivity contribution in [3.8, 4) is 5.69 Å². The molecule has 0 atom stereocenters. The highest BCUT2D eigenvalue weighted by molar-refractivity contribution is 5.95. The van der Waals surface area contributed by atoms with Crippen LogP contribution in [0.4, 0.5) is 5.69 Å². The summed E-state index contributed by atoms with van der Waals surface area (Å²) >= 11 is 0. The number of nitrogens with one attached hydrogen (secondary N) is 1. The van der Waals surface area contributed by atoms with Gasteiger partial charge in [-0.3, -0.25) is 4.79 Å². The Morgan fingerprint density at radius 1 is 1.11 bits per heavy atom. The van der Waals surface area contributed by atoms with Gasteiger partial charge < -0.3 is 9.73 Å². The molecule has 0 aliphatic rings. The van der Waals surface area contributed by atoms with E-state index in [0.29, 0.717) is 0 Å². The normalized spacial score (nSPS) is 11.1. The van der Waals surface area contributed by atoms with E-state index in [9.17, 15) is 4.79 Å². The van der Waals surface area contributed by atoms with Crippen molar-refractivity contribution in [2.45, 2.75) is 27.2 Å². The number of hydrogen-bond donors (Lipinski definition) is 1. The lowest BCUT2D eigenvalue weighted by atomic mass is 10.0. The Morgan fingerprint density at radius 3 is 2.70 bits per heavy atom. The summed E-state index contributed by atoms with van der Waals surface area (Å²) in [5.74, 6) is -0.0785. The number of aryl methyl sites for hydroxylation is 3. The van der Waals surface area contributed by atoms with Crippen molar-refractivity contribution in [1.29, 1.82) is 0 Å². The van der Waals surface area contributed by atoms with Gasteiger partial charge in [-0.25, -0.2) is 4.68 Å². The quantitative estimate of drug-likeness (QED) is 0.573. The zero-order valence-electron chi connectivity index (χ0n) is 15.6. The Kier molecular flexibility index (Phi) is 4.28. The fourth-order valence-electron chi connectivity index (χ4n) is 3.21. The first kappa shape index (κ1) is 17.1. The molecule has 5 heteroatoms. The third-order valence-corrected chi connectivity index (χ3v) is 4.83. The highest BCUT2D eigenvalue weighted by Crippen LogP contribution is 2.25. The summed E-state index contributed by atoms with van der Waals surface area (Å²) in [7, 11) is 0. The summed E-state index contributed by atoms with van der Waals surface area (Å²) in [6.45, 7) is 6.11. The molecule has 0 fully saturated rings. The van der Waals surface area contributed by atoms with Crippen LogP contribution in [0.25, 0.3) is 16.7 Å². The monoisotopic (exact) mass is 359 g/mol. The number of rotatable bonds is 4. The molecule has 0 aliphatic heterocycles. The minimum Gasteiger partial charge on any atom is -0.464 e. The second kappa shape index (κ2) is 6.76. The molecule has 0 saturated heterocycles. The smallest absolute Gasteiger partial charge is 0.228 e. The summed E-state index contributed by atoms with van der Waals surface area (Å²) in [6, 6.07) is 13.7. The van der Waals surface area contributed by atoms with Crippen molar-refractivity contribution in [3.05, 3.63) is 77.3 Å². The van der Waals surface area contributed by atoms with Crippen LogP contribution in [0.15, 0.2) is 59.3 Å². The first-order valence-corrected chi connectivity index (χ1v) is 8.89. The van der Waals surface area contributed by atoms with Crippen LogP contribution >= 0.6 is 0 Å². The van der Waals surface area contributed by atoms with Crippen LogP contribution in [-0.4, -0.2) is 15.7 Å². The lowest BCUT2D eigenvalue weighted by molar-refractivity contribution is -0.115. The molecular formula is C22H21N3O2. The van der Waals surface area contributed by atoms with Gasteiger partial charge in [0.25, 0.3) is 0 Å². The molecule has 1 N–H and O–H groups in total. The van der Waals surface area contributed by atoms with E-state index >= 15 is 0 Å². The first-order chi connectivity index (χ1) is 13.0. The second-order valence-corrected chi connectivity index (χ2v) is 6.85. The molecule has 0 saturated carbocycles. The molecule has 2 aromatic heterocycles. The van der Waals surface area contributed by atoms with Crippen LogP contribution in [0.5, 0.6) is 0 Å². The van der Waals surface area contributed by atoms with E-state index in [4.69, 9.17) is 4.42 Å². The number of carbonyl (C=O) groups excluding carboxylic acids is 1. The number of nitrogens with zero attached hydrogens (tertiary/aromatic N) is 2. The lowest BCUT2D eigenvalue weighted by Crippen LogP contribution is -2.14. The van der Waals surface area contributed by atoms with Crippen LogP contribution in [0.3, 0.4) is 0 Å². The van der Waals surface area contributed by atoms with E-state index in [1.54, 1.807) is 12.5 Å². The lowest BCUT2D eigenvalue weighted by Gasteiger charge is -2.09. The topological polar surface area (TPSA) is 60.1 Å². The van der Waals surface area contributed by atoms with E-state index in [2.05, 4.69) is 30.3 Å². The largest absolute Gasteiger partial charge is 0.464 e. The van der Waals surface area contributed by atoms with Gasteiger partial charge in [0.05, 0.1) is 18.4 Å². The molecule has 1 amide bonds. The van der Waals surface area contributed by atoms with Crippen LogP contribution in [0, 0.1) is 20.8 Å². The fraction of sp³-hybridized carbons (Fsp3) is 0.182. The van der Waals surface area contributed by atoms with Gasteiger partial charge in [-0.1, -0.05) is 6.07 Å². The summed E-state index contributed by atoms with van der Waals surface area (Å²) in [5.41, 5.74) is 6.77. The van der Waals surface area contributed by atoms with E-state index in [-0.39, 0.29) is 12.3 Å². The van der Waals surface area contributed by atoms with E-state index in [0.717, 1.165) is 33.6 Å². The first-order valence-electron chi connectivity index (χ1n) is 8.89. The highest BCUT2D eigenvalue weighted by Gasteiger charge is 2.12. The number of carbonyl (C=O) groups is 1. The number of fused-ring (bicyclic) bond motifs is 1. The van der Waals surface area contributed by atoms with Gasteiger partial charge in [0.1, 0.15) is 5.58 Å². The predicted octanol–water partition coefficient (Wildman–Crippen LogP) is 4.72. The third-order valence-electron chi connectivity index (χ3n) is 4.83. The Morgan fingerprint density at radius 2 is 1.93 bits per heavy atom. The maximum atomic E-state index is 12.6. The van der Waals surface area contributed by atoms with Crippen LogP contribution in [0.1, 0.15) is 22.4 Å². The third kappa shape index (κ3) is 3.36. The molecular weight excluding hydrogens is 338 g/mol. The van der Waals surface area contributed by atoms with Crippen LogP contribution in [-0.2, 0) is 11.2 Å². The average molecular weight is 359 g/mol. The van der Waals surface area contributed by atoms with Gasteiger partial charge in [-0.15, -0.1) is 0 Å². The number of amides is 1. The summed E-state index contributed by atoms with van der Waals surface area (Å²) in [4.78, 5) is 12.6. The van der Waals surface area contributed by atoms with Crippen molar-refractivity contribution >= 4 is 22.6 Å². The van der Waals surface area contributed by atoms with E-state index < -0.39 is 0 Å². The molecule has 4 aromatic rings. The summed E-state index contributed by atoms with van der Waals surface area (Å²) < 4.78 is 7.46. The average Bonchev–Trinajstić information content (AvgIpc) is 3.22. The van der Waals surface area contributed by atoms with E-state index in [1.165, 1.54) is 11.1 Å². The molecule has 4 rings (SSSR count). The highest BCUT2D eigenvalue weighted by atomic mass is 16.3. The number of furan rings is 1. The maximum absolute atomic E-state index is 12.6. The summed E-state index contributed by atoms with van der Waals surface area (Å²) in [5, 5.41) is 8.27. The van der Waals surface area contributed by atoms with Gasteiger partial charge in [-0.05, 0) is 68.3 Å². The zero-order chi connectivity index (χ0) is 19.0. The number of benzene rings is 2. The van der Waals surface area contributed by atoms with Crippen molar-refractivity contribution in [2.24, 2.45) is 0 Å². The molecule has 0 radical (unpaired) electrons. The molecule has 0 spiro atoms. The molecule has 136 valence electrons. The predicted molar refractivity (Wildman–Crippen MR) is 106 cm³/mol.